The minimum atomic E-state index is -0.290. The Morgan fingerprint density at radius 1 is 1.30 bits per heavy atom. The number of fused-ring (bicyclic) bond motifs is 1. The summed E-state index contributed by atoms with van der Waals surface area (Å²) in [6.07, 6.45) is 1.81. The number of benzene rings is 1. The number of nitrogens with zero attached hydrogens (tertiary/aromatic N) is 4. The third-order valence-electron chi connectivity index (χ3n) is 4.59. The second kappa shape index (κ2) is 6.62. The van der Waals surface area contributed by atoms with Crippen molar-refractivity contribution in [2.24, 2.45) is 0 Å². The molecule has 0 aliphatic heterocycles. The summed E-state index contributed by atoms with van der Waals surface area (Å²) in [5.74, 6) is -0.383. The van der Waals surface area contributed by atoms with Crippen LogP contribution in [0.15, 0.2) is 35.8 Å². The SMILES string of the molecule is Cc1n[nH]c(C)c1CN(C)C(=O)c1csc2nc(-c3ccc(F)cc3)cn12. The number of aromatic nitrogens is 4. The van der Waals surface area contributed by atoms with Crippen LogP contribution in [0, 0.1) is 19.7 Å². The van der Waals surface area contributed by atoms with E-state index >= 15 is 0 Å². The molecule has 0 aliphatic rings. The average Bonchev–Trinajstić information content (AvgIpc) is 3.32. The van der Waals surface area contributed by atoms with Crippen molar-refractivity contribution in [1.29, 1.82) is 0 Å². The van der Waals surface area contributed by atoms with Gasteiger partial charge in [0.15, 0.2) is 4.96 Å². The summed E-state index contributed by atoms with van der Waals surface area (Å²) in [6.45, 7) is 4.34. The quantitative estimate of drug-likeness (QED) is 0.583. The van der Waals surface area contributed by atoms with Crippen LogP contribution in [0.5, 0.6) is 0 Å². The maximum Gasteiger partial charge on any atom is 0.271 e. The van der Waals surface area contributed by atoms with Crippen molar-refractivity contribution < 1.29 is 9.18 Å². The third kappa shape index (κ3) is 3.12. The van der Waals surface area contributed by atoms with Gasteiger partial charge in [-0.2, -0.15) is 5.10 Å². The number of carbonyl (C=O) groups excluding carboxylic acids is 1. The highest BCUT2D eigenvalue weighted by atomic mass is 32.1. The van der Waals surface area contributed by atoms with Crippen molar-refractivity contribution in [1.82, 2.24) is 24.5 Å². The molecule has 6 nitrogen and oxygen atoms in total. The Balaban J connectivity index is 1.63. The highest BCUT2D eigenvalue weighted by Crippen LogP contribution is 2.25. The summed E-state index contributed by atoms with van der Waals surface area (Å²) in [7, 11) is 1.77. The molecule has 1 N–H and O–H groups in total. The van der Waals surface area contributed by atoms with Crippen molar-refractivity contribution in [2.75, 3.05) is 7.05 Å². The number of rotatable bonds is 4. The topological polar surface area (TPSA) is 66.3 Å². The smallest absolute Gasteiger partial charge is 0.271 e. The maximum atomic E-state index is 13.1. The number of nitrogens with one attached hydrogen (secondary N) is 1. The van der Waals surface area contributed by atoms with E-state index in [1.54, 1.807) is 28.5 Å². The number of thiazole rings is 1. The van der Waals surface area contributed by atoms with Gasteiger partial charge in [-0.3, -0.25) is 14.3 Å². The van der Waals surface area contributed by atoms with Crippen LogP contribution in [0.2, 0.25) is 0 Å². The van der Waals surface area contributed by atoms with E-state index in [0.717, 1.165) is 27.5 Å². The molecule has 0 radical (unpaired) electrons. The number of amides is 1. The minimum Gasteiger partial charge on any atom is -0.336 e. The van der Waals surface area contributed by atoms with Gasteiger partial charge in [0.05, 0.1) is 11.4 Å². The fourth-order valence-electron chi connectivity index (χ4n) is 3.01. The number of imidazole rings is 1. The standard InChI is InChI=1S/C19H18FN5OS/c1-11-15(12(2)23-22-11)8-24(3)18(26)17-10-27-19-21-16(9-25(17)19)13-4-6-14(20)7-5-13/h4-7,9-10H,8H2,1-3H3,(H,22,23). The van der Waals surface area contributed by atoms with E-state index in [4.69, 9.17) is 0 Å². The number of carbonyl (C=O) groups is 1. The molecule has 3 heterocycles. The molecule has 1 amide bonds. The van der Waals surface area contributed by atoms with E-state index in [9.17, 15) is 9.18 Å². The Bertz CT molecular complexity index is 1110. The van der Waals surface area contributed by atoms with Crippen LogP contribution in [-0.4, -0.2) is 37.4 Å². The Morgan fingerprint density at radius 2 is 2.04 bits per heavy atom. The summed E-state index contributed by atoms with van der Waals surface area (Å²) < 4.78 is 14.9. The fourth-order valence-corrected chi connectivity index (χ4v) is 3.86. The molecule has 4 rings (SSSR count). The fraction of sp³-hybridized carbons (Fsp3) is 0.211. The lowest BCUT2D eigenvalue weighted by molar-refractivity contribution is 0.0778. The highest BCUT2D eigenvalue weighted by molar-refractivity contribution is 7.15. The molecule has 4 aromatic rings. The first kappa shape index (κ1) is 17.4. The molecule has 0 unspecified atom stereocenters. The average molecular weight is 383 g/mol. The first-order chi connectivity index (χ1) is 12.9. The predicted molar refractivity (Wildman–Crippen MR) is 102 cm³/mol. The van der Waals surface area contributed by atoms with Gasteiger partial charge in [-0.1, -0.05) is 0 Å². The van der Waals surface area contributed by atoms with E-state index in [0.29, 0.717) is 17.9 Å². The molecule has 0 saturated heterocycles. The molecule has 0 fully saturated rings. The minimum absolute atomic E-state index is 0.0932. The zero-order chi connectivity index (χ0) is 19.1. The molecule has 3 aromatic heterocycles. The van der Waals surface area contributed by atoms with Gasteiger partial charge in [-0.05, 0) is 38.1 Å². The molecule has 8 heteroatoms. The number of hydrogen-bond acceptors (Lipinski definition) is 4. The van der Waals surface area contributed by atoms with Crippen molar-refractivity contribution in [3.05, 3.63) is 64.3 Å². The molecule has 0 saturated carbocycles. The lowest BCUT2D eigenvalue weighted by Crippen LogP contribution is -2.27. The second-order valence-electron chi connectivity index (χ2n) is 6.48. The lowest BCUT2D eigenvalue weighted by atomic mass is 10.2. The first-order valence-electron chi connectivity index (χ1n) is 8.42. The number of aromatic amines is 1. The zero-order valence-corrected chi connectivity index (χ0v) is 16.0. The van der Waals surface area contributed by atoms with Crippen LogP contribution in [-0.2, 0) is 6.54 Å². The van der Waals surface area contributed by atoms with Crippen LogP contribution in [0.25, 0.3) is 16.2 Å². The molecule has 27 heavy (non-hydrogen) atoms. The molecule has 0 spiro atoms. The van der Waals surface area contributed by atoms with E-state index in [1.807, 2.05) is 25.4 Å². The number of aryl methyl sites for hydroxylation is 2. The van der Waals surface area contributed by atoms with Crippen molar-refractivity contribution in [2.45, 2.75) is 20.4 Å². The van der Waals surface area contributed by atoms with Crippen molar-refractivity contribution in [3.63, 3.8) is 0 Å². The molecule has 1 aromatic carbocycles. The van der Waals surface area contributed by atoms with Gasteiger partial charge in [-0.15, -0.1) is 11.3 Å². The molecular formula is C19H18FN5OS. The molecular weight excluding hydrogens is 365 g/mol. The Labute approximate surface area is 159 Å². The van der Waals surface area contributed by atoms with Gasteiger partial charge in [0.25, 0.3) is 5.91 Å². The highest BCUT2D eigenvalue weighted by Gasteiger charge is 2.20. The molecule has 0 bridgehead atoms. The first-order valence-corrected chi connectivity index (χ1v) is 9.30. The summed E-state index contributed by atoms with van der Waals surface area (Å²) in [4.78, 5) is 19.9. The van der Waals surface area contributed by atoms with Crippen LogP contribution in [0.1, 0.15) is 27.4 Å². The molecule has 0 atom stereocenters. The Hall–Kier alpha value is -3.00. The number of hydrogen-bond donors (Lipinski definition) is 1. The van der Waals surface area contributed by atoms with E-state index in [1.165, 1.54) is 23.5 Å². The van der Waals surface area contributed by atoms with Gasteiger partial charge in [0.1, 0.15) is 11.5 Å². The van der Waals surface area contributed by atoms with Crippen LogP contribution in [0.4, 0.5) is 4.39 Å². The second-order valence-corrected chi connectivity index (χ2v) is 7.32. The van der Waals surface area contributed by atoms with Gasteiger partial charge >= 0.3 is 0 Å². The third-order valence-corrected chi connectivity index (χ3v) is 5.43. The Morgan fingerprint density at radius 3 is 2.70 bits per heavy atom. The maximum absolute atomic E-state index is 13.1. The summed E-state index contributed by atoms with van der Waals surface area (Å²) in [6, 6.07) is 6.16. The van der Waals surface area contributed by atoms with Crippen molar-refractivity contribution >= 4 is 22.2 Å². The molecule has 138 valence electrons. The monoisotopic (exact) mass is 383 g/mol. The van der Waals surface area contributed by atoms with Crippen LogP contribution < -0.4 is 0 Å². The predicted octanol–water partition coefficient (Wildman–Crippen LogP) is 3.81. The van der Waals surface area contributed by atoms with Gasteiger partial charge < -0.3 is 4.90 Å². The lowest BCUT2D eigenvalue weighted by Gasteiger charge is -2.16. The summed E-state index contributed by atoms with van der Waals surface area (Å²) in [5.41, 5.74) is 4.95. The van der Waals surface area contributed by atoms with Crippen LogP contribution in [0.3, 0.4) is 0 Å². The summed E-state index contributed by atoms with van der Waals surface area (Å²) >= 11 is 1.40. The Kier molecular flexibility index (Phi) is 4.27. The van der Waals surface area contributed by atoms with Crippen LogP contribution >= 0.6 is 11.3 Å². The normalized spacial score (nSPS) is 11.3. The van der Waals surface area contributed by atoms with Gasteiger partial charge in [0, 0.05) is 42.0 Å². The largest absolute Gasteiger partial charge is 0.336 e. The van der Waals surface area contributed by atoms with E-state index < -0.39 is 0 Å². The van der Waals surface area contributed by atoms with Gasteiger partial charge in [0.2, 0.25) is 0 Å². The van der Waals surface area contributed by atoms with Gasteiger partial charge in [-0.25, -0.2) is 9.37 Å². The van der Waals surface area contributed by atoms with Crippen molar-refractivity contribution in [3.8, 4) is 11.3 Å². The number of halogens is 1. The number of H-pyrrole nitrogens is 1. The van der Waals surface area contributed by atoms with E-state index in [-0.39, 0.29) is 11.7 Å². The zero-order valence-electron chi connectivity index (χ0n) is 15.2. The van der Waals surface area contributed by atoms with E-state index in [2.05, 4.69) is 15.2 Å². The molecule has 0 aliphatic carbocycles. The summed E-state index contributed by atoms with van der Waals surface area (Å²) in [5, 5.41) is 8.93.